The monoisotopic (exact) mass is 225 g/mol. The first-order valence-electron chi connectivity index (χ1n) is 6.42. The smallest absolute Gasteiger partial charge is 0.129 e. The molecule has 0 N–H and O–H groups in total. The molecule has 92 valence electrons. The van der Waals surface area contributed by atoms with Crippen LogP contribution < -0.4 is 0 Å². The maximum atomic E-state index is 11.3. The Morgan fingerprint density at radius 1 is 1.38 bits per heavy atom. The second-order valence-electron chi connectivity index (χ2n) is 5.79. The number of carbonyl (C=O) groups is 1. The van der Waals surface area contributed by atoms with Gasteiger partial charge < -0.3 is 14.4 Å². The van der Waals surface area contributed by atoms with E-state index in [1.165, 1.54) is 0 Å². The zero-order chi connectivity index (χ0) is 11.6. The van der Waals surface area contributed by atoms with Crippen LogP contribution in [-0.4, -0.2) is 44.0 Å². The van der Waals surface area contributed by atoms with Crippen molar-refractivity contribution in [3.63, 3.8) is 0 Å². The second kappa shape index (κ2) is 4.84. The van der Waals surface area contributed by atoms with Gasteiger partial charge in [-0.05, 0) is 24.7 Å². The third-order valence-electron chi connectivity index (χ3n) is 4.21. The van der Waals surface area contributed by atoms with Crippen molar-refractivity contribution < 1.29 is 9.53 Å². The van der Waals surface area contributed by atoms with Crippen LogP contribution in [0.15, 0.2) is 0 Å². The molecular formula is C13H23NO2. The van der Waals surface area contributed by atoms with E-state index in [2.05, 4.69) is 18.7 Å². The van der Waals surface area contributed by atoms with E-state index in [1.54, 1.807) is 0 Å². The maximum absolute atomic E-state index is 11.3. The molecule has 0 saturated carbocycles. The summed E-state index contributed by atoms with van der Waals surface area (Å²) in [6, 6.07) is 0. The number of hydrogen-bond acceptors (Lipinski definition) is 3. The number of likely N-dealkylation sites (tertiary alicyclic amines) is 1. The molecule has 0 aromatic heterocycles. The molecule has 2 heterocycles. The number of aldehydes is 1. The van der Waals surface area contributed by atoms with Crippen LogP contribution in [0.25, 0.3) is 0 Å². The van der Waals surface area contributed by atoms with E-state index in [9.17, 15) is 4.79 Å². The average Bonchev–Trinajstić information content (AvgIpc) is 2.59. The number of hydrogen-bond donors (Lipinski definition) is 0. The lowest BCUT2D eigenvalue weighted by molar-refractivity contribution is -0.125. The van der Waals surface area contributed by atoms with Gasteiger partial charge in [-0.1, -0.05) is 13.8 Å². The first kappa shape index (κ1) is 12.1. The van der Waals surface area contributed by atoms with Crippen LogP contribution in [0.1, 0.15) is 26.7 Å². The summed E-state index contributed by atoms with van der Waals surface area (Å²) in [4.78, 5) is 13.8. The van der Waals surface area contributed by atoms with Gasteiger partial charge in [0.1, 0.15) is 6.29 Å². The number of nitrogens with zero attached hydrogens (tertiary/aromatic N) is 1. The van der Waals surface area contributed by atoms with Crippen LogP contribution in [0.4, 0.5) is 0 Å². The Morgan fingerprint density at radius 3 is 2.56 bits per heavy atom. The van der Waals surface area contributed by atoms with Crippen LogP contribution in [0.3, 0.4) is 0 Å². The normalized spacial score (nSPS) is 41.1. The van der Waals surface area contributed by atoms with E-state index in [4.69, 9.17) is 4.74 Å². The first-order valence-corrected chi connectivity index (χ1v) is 6.42. The minimum Gasteiger partial charge on any atom is -0.380 e. The molecule has 2 aliphatic heterocycles. The Bertz CT molecular complexity index is 238. The fourth-order valence-electron chi connectivity index (χ4n) is 2.95. The summed E-state index contributed by atoms with van der Waals surface area (Å²) in [6.07, 6.45) is 3.16. The van der Waals surface area contributed by atoms with Crippen LogP contribution in [0.2, 0.25) is 0 Å². The molecule has 2 fully saturated rings. The third kappa shape index (κ3) is 2.46. The molecule has 0 spiro atoms. The first-order chi connectivity index (χ1) is 7.65. The lowest BCUT2D eigenvalue weighted by Gasteiger charge is -2.35. The van der Waals surface area contributed by atoms with Gasteiger partial charge in [-0.25, -0.2) is 0 Å². The van der Waals surface area contributed by atoms with Crippen LogP contribution in [0.5, 0.6) is 0 Å². The average molecular weight is 225 g/mol. The van der Waals surface area contributed by atoms with Gasteiger partial charge in [0.25, 0.3) is 0 Å². The Kier molecular flexibility index (Phi) is 3.65. The van der Waals surface area contributed by atoms with Gasteiger partial charge in [-0.3, -0.25) is 0 Å². The minimum absolute atomic E-state index is 0.220. The molecule has 0 bridgehead atoms. The number of carbonyl (C=O) groups excluding carboxylic acids is 1. The standard InChI is InChI=1S/C13H23NO2/c1-11-6-14(7-12(11)2)8-13(9-15)4-3-5-16-10-13/h9,11-12H,3-8,10H2,1-2H3. The molecule has 0 radical (unpaired) electrons. The van der Waals surface area contributed by atoms with E-state index in [0.717, 1.165) is 57.2 Å². The van der Waals surface area contributed by atoms with Gasteiger partial charge in [-0.2, -0.15) is 0 Å². The van der Waals surface area contributed by atoms with Gasteiger partial charge >= 0.3 is 0 Å². The van der Waals surface area contributed by atoms with E-state index < -0.39 is 0 Å². The maximum Gasteiger partial charge on any atom is 0.129 e. The van der Waals surface area contributed by atoms with Gasteiger partial charge in [0.15, 0.2) is 0 Å². The van der Waals surface area contributed by atoms with Crippen molar-refractivity contribution in [2.45, 2.75) is 26.7 Å². The lowest BCUT2D eigenvalue weighted by atomic mass is 9.83. The molecule has 0 amide bonds. The van der Waals surface area contributed by atoms with E-state index in [0.29, 0.717) is 6.61 Å². The van der Waals surface area contributed by atoms with Crippen molar-refractivity contribution in [2.75, 3.05) is 32.8 Å². The largest absolute Gasteiger partial charge is 0.380 e. The fraction of sp³-hybridized carbons (Fsp3) is 0.923. The zero-order valence-corrected chi connectivity index (χ0v) is 10.4. The molecule has 2 rings (SSSR count). The van der Waals surface area contributed by atoms with Crippen LogP contribution in [-0.2, 0) is 9.53 Å². The summed E-state index contributed by atoms with van der Waals surface area (Å²) in [5, 5.41) is 0. The van der Waals surface area contributed by atoms with Crippen LogP contribution >= 0.6 is 0 Å². The van der Waals surface area contributed by atoms with Crippen LogP contribution in [0, 0.1) is 17.3 Å². The summed E-state index contributed by atoms with van der Waals surface area (Å²) < 4.78 is 5.48. The summed E-state index contributed by atoms with van der Waals surface area (Å²) >= 11 is 0. The van der Waals surface area contributed by atoms with Crippen molar-refractivity contribution >= 4 is 6.29 Å². The van der Waals surface area contributed by atoms with Gasteiger partial charge in [0, 0.05) is 26.2 Å². The molecule has 16 heavy (non-hydrogen) atoms. The van der Waals surface area contributed by atoms with Crippen molar-refractivity contribution in [3.8, 4) is 0 Å². The highest BCUT2D eigenvalue weighted by molar-refractivity contribution is 5.60. The summed E-state index contributed by atoms with van der Waals surface area (Å²) in [5.74, 6) is 1.52. The SMILES string of the molecule is CC1CN(CC2(C=O)CCCOC2)CC1C. The Morgan fingerprint density at radius 2 is 2.06 bits per heavy atom. The molecule has 0 aliphatic carbocycles. The summed E-state index contributed by atoms with van der Waals surface area (Å²) in [7, 11) is 0. The lowest BCUT2D eigenvalue weighted by Crippen LogP contribution is -2.43. The van der Waals surface area contributed by atoms with E-state index >= 15 is 0 Å². The molecule has 0 aromatic carbocycles. The summed E-state index contributed by atoms with van der Waals surface area (Å²) in [5.41, 5.74) is -0.220. The van der Waals surface area contributed by atoms with Crippen molar-refractivity contribution in [1.82, 2.24) is 4.90 Å². The second-order valence-corrected chi connectivity index (χ2v) is 5.79. The topological polar surface area (TPSA) is 29.5 Å². The molecule has 0 aromatic rings. The van der Waals surface area contributed by atoms with Gasteiger partial charge in [0.05, 0.1) is 12.0 Å². The Balaban J connectivity index is 1.94. The Hall–Kier alpha value is -0.410. The fourth-order valence-corrected chi connectivity index (χ4v) is 2.95. The molecule has 2 aliphatic rings. The highest BCUT2D eigenvalue weighted by Crippen LogP contribution is 2.31. The predicted octanol–water partition coefficient (Wildman–Crippen LogP) is 1.57. The molecule has 3 unspecified atom stereocenters. The van der Waals surface area contributed by atoms with Crippen molar-refractivity contribution in [2.24, 2.45) is 17.3 Å². The Labute approximate surface area is 98.1 Å². The van der Waals surface area contributed by atoms with Gasteiger partial charge in [0.2, 0.25) is 0 Å². The molecular weight excluding hydrogens is 202 g/mol. The van der Waals surface area contributed by atoms with Crippen molar-refractivity contribution in [1.29, 1.82) is 0 Å². The number of rotatable bonds is 3. The van der Waals surface area contributed by atoms with Crippen molar-refractivity contribution in [3.05, 3.63) is 0 Å². The molecule has 3 nitrogen and oxygen atoms in total. The highest BCUT2D eigenvalue weighted by atomic mass is 16.5. The zero-order valence-electron chi connectivity index (χ0n) is 10.4. The minimum atomic E-state index is -0.220. The summed E-state index contributed by atoms with van der Waals surface area (Å²) in [6.45, 7) is 9.21. The van der Waals surface area contributed by atoms with E-state index in [-0.39, 0.29) is 5.41 Å². The predicted molar refractivity (Wildman–Crippen MR) is 63.3 cm³/mol. The quantitative estimate of drug-likeness (QED) is 0.683. The highest BCUT2D eigenvalue weighted by Gasteiger charge is 2.37. The van der Waals surface area contributed by atoms with E-state index in [1.807, 2.05) is 0 Å². The molecule has 3 atom stereocenters. The third-order valence-corrected chi connectivity index (χ3v) is 4.21. The molecule has 2 saturated heterocycles. The number of ether oxygens (including phenoxy) is 1. The molecule has 3 heteroatoms. The van der Waals surface area contributed by atoms with Gasteiger partial charge in [-0.15, -0.1) is 0 Å².